The number of thiazole rings is 1. The molecule has 2 heterocycles. The van der Waals surface area contributed by atoms with Crippen LogP contribution in [0, 0.1) is 5.92 Å². The van der Waals surface area contributed by atoms with Crippen LogP contribution >= 0.6 is 11.3 Å². The summed E-state index contributed by atoms with van der Waals surface area (Å²) < 4.78 is 1.13. The normalized spacial score (nSPS) is 23.2. The average Bonchev–Trinajstić information content (AvgIpc) is 2.87. The van der Waals surface area contributed by atoms with Crippen molar-refractivity contribution in [2.24, 2.45) is 11.7 Å². The van der Waals surface area contributed by atoms with Crippen molar-refractivity contribution in [2.45, 2.75) is 45.2 Å². The zero-order valence-corrected chi connectivity index (χ0v) is 14.3. The molecule has 0 saturated carbocycles. The van der Waals surface area contributed by atoms with Gasteiger partial charge in [0.1, 0.15) is 0 Å². The van der Waals surface area contributed by atoms with Gasteiger partial charge in [0, 0.05) is 19.0 Å². The van der Waals surface area contributed by atoms with Crippen LogP contribution in [0.5, 0.6) is 0 Å². The number of benzene rings is 1. The topological polar surface area (TPSA) is 79.5 Å². The third-order valence-corrected chi connectivity index (χ3v) is 5.46. The summed E-state index contributed by atoms with van der Waals surface area (Å²) in [4.78, 5) is 17.8. The van der Waals surface area contributed by atoms with E-state index in [4.69, 9.17) is 5.73 Å². The zero-order valence-electron chi connectivity index (χ0n) is 13.5. The van der Waals surface area contributed by atoms with E-state index >= 15 is 0 Å². The molecule has 0 aliphatic carbocycles. The van der Waals surface area contributed by atoms with Crippen molar-refractivity contribution < 1.29 is 9.90 Å². The molecule has 1 aromatic carbocycles. The molecule has 3 atom stereocenters. The first kappa shape index (κ1) is 16.2. The van der Waals surface area contributed by atoms with Gasteiger partial charge < -0.3 is 15.7 Å². The molecule has 0 spiro atoms. The highest BCUT2D eigenvalue weighted by molar-refractivity contribution is 7.18. The van der Waals surface area contributed by atoms with Gasteiger partial charge in [-0.15, -0.1) is 11.3 Å². The Morgan fingerprint density at radius 1 is 1.52 bits per heavy atom. The van der Waals surface area contributed by atoms with Crippen LogP contribution in [0.4, 0.5) is 4.79 Å². The lowest BCUT2D eigenvalue weighted by Gasteiger charge is -2.37. The van der Waals surface area contributed by atoms with Gasteiger partial charge in [0.2, 0.25) is 0 Å². The van der Waals surface area contributed by atoms with E-state index in [1.54, 1.807) is 16.2 Å². The molecule has 0 bridgehead atoms. The molecule has 6 heteroatoms. The molecule has 1 saturated heterocycles. The molecule has 1 unspecified atom stereocenters. The maximum absolute atomic E-state index is 11.6. The molecular weight excluding hydrogens is 310 g/mol. The highest BCUT2D eigenvalue weighted by Gasteiger charge is 2.31. The Hall–Kier alpha value is -1.66. The minimum Gasteiger partial charge on any atom is -0.465 e. The van der Waals surface area contributed by atoms with E-state index in [0.717, 1.165) is 40.1 Å². The lowest BCUT2D eigenvalue weighted by Crippen LogP contribution is -2.40. The van der Waals surface area contributed by atoms with E-state index in [9.17, 15) is 9.90 Å². The second-order valence-corrected chi connectivity index (χ2v) is 7.76. The largest absolute Gasteiger partial charge is 0.465 e. The monoisotopic (exact) mass is 333 g/mol. The number of fused-ring (bicyclic) bond motifs is 1. The third-order valence-electron chi connectivity index (χ3n) is 4.40. The molecule has 1 aromatic heterocycles. The molecule has 1 aliphatic heterocycles. The summed E-state index contributed by atoms with van der Waals surface area (Å²) in [6.45, 7) is 4.69. The predicted molar refractivity (Wildman–Crippen MR) is 92.8 cm³/mol. The number of carbonyl (C=O) groups is 1. The molecule has 1 fully saturated rings. The van der Waals surface area contributed by atoms with Gasteiger partial charge in [-0.2, -0.15) is 0 Å². The molecule has 124 valence electrons. The molecule has 5 nitrogen and oxygen atoms in total. The van der Waals surface area contributed by atoms with E-state index in [2.05, 4.69) is 18.0 Å². The quantitative estimate of drug-likeness (QED) is 0.899. The molecule has 1 aliphatic rings. The van der Waals surface area contributed by atoms with Gasteiger partial charge in [-0.1, -0.05) is 13.0 Å². The van der Waals surface area contributed by atoms with Crippen molar-refractivity contribution in [2.75, 3.05) is 6.54 Å². The number of hydrogen-bond donors (Lipinski definition) is 2. The number of nitrogens with two attached hydrogens (primary N) is 1. The van der Waals surface area contributed by atoms with E-state index in [0.29, 0.717) is 12.5 Å². The fourth-order valence-corrected chi connectivity index (χ4v) is 4.36. The first-order valence-electron chi connectivity index (χ1n) is 8.08. The smallest absolute Gasteiger partial charge is 0.407 e. The Labute approximate surface area is 140 Å². The van der Waals surface area contributed by atoms with Crippen LogP contribution in [0.15, 0.2) is 18.2 Å². The lowest BCUT2D eigenvalue weighted by atomic mass is 9.90. The number of nitrogens with zero attached hydrogens (tertiary/aromatic N) is 2. The van der Waals surface area contributed by atoms with Crippen molar-refractivity contribution in [3.05, 3.63) is 28.8 Å². The Balaban J connectivity index is 1.91. The minimum atomic E-state index is -0.836. The molecular formula is C17H23N3O2S. The van der Waals surface area contributed by atoms with Gasteiger partial charge in [0.25, 0.3) is 0 Å². The Kier molecular flexibility index (Phi) is 4.55. The van der Waals surface area contributed by atoms with Crippen molar-refractivity contribution in [3.8, 4) is 0 Å². The second-order valence-electron chi connectivity index (χ2n) is 6.65. The fraction of sp³-hybridized carbons (Fsp3) is 0.529. The number of likely N-dealkylation sites (tertiary alicyclic amines) is 1. The van der Waals surface area contributed by atoms with Gasteiger partial charge in [-0.3, -0.25) is 0 Å². The van der Waals surface area contributed by atoms with E-state index < -0.39 is 6.09 Å². The molecule has 0 radical (unpaired) electrons. The summed E-state index contributed by atoms with van der Waals surface area (Å²) in [6, 6.07) is 6.19. The highest BCUT2D eigenvalue weighted by atomic mass is 32.1. The van der Waals surface area contributed by atoms with Crippen molar-refractivity contribution >= 4 is 27.6 Å². The number of piperidine rings is 1. The van der Waals surface area contributed by atoms with Gasteiger partial charge in [-0.25, -0.2) is 9.78 Å². The number of rotatable bonds is 3. The number of amides is 1. The molecule has 23 heavy (non-hydrogen) atoms. The summed E-state index contributed by atoms with van der Waals surface area (Å²) in [5.41, 5.74) is 7.85. The number of hydrogen-bond acceptors (Lipinski definition) is 4. The van der Waals surface area contributed by atoms with Crippen LogP contribution in [0.1, 0.15) is 43.3 Å². The van der Waals surface area contributed by atoms with Crippen LogP contribution in [0.2, 0.25) is 0 Å². The third kappa shape index (κ3) is 3.48. The second kappa shape index (κ2) is 6.45. The van der Waals surface area contributed by atoms with Crippen LogP contribution in [-0.4, -0.2) is 33.7 Å². The summed E-state index contributed by atoms with van der Waals surface area (Å²) in [5.74, 6) is 0.419. The fourth-order valence-electron chi connectivity index (χ4n) is 3.27. The average molecular weight is 333 g/mol. The molecule has 3 rings (SSSR count). The Morgan fingerprint density at radius 3 is 3.00 bits per heavy atom. The van der Waals surface area contributed by atoms with Gasteiger partial charge in [-0.05, 0) is 43.4 Å². The Bertz CT molecular complexity index is 713. The maximum Gasteiger partial charge on any atom is 0.407 e. The Morgan fingerprint density at radius 2 is 2.30 bits per heavy atom. The lowest BCUT2D eigenvalue weighted by molar-refractivity contribution is 0.0900. The zero-order chi connectivity index (χ0) is 16.6. The molecule has 3 N–H and O–H groups in total. The predicted octanol–water partition coefficient (Wildman–Crippen LogP) is 3.64. The van der Waals surface area contributed by atoms with Gasteiger partial charge in [0.15, 0.2) is 0 Å². The number of aromatic nitrogens is 1. The highest BCUT2D eigenvalue weighted by Crippen LogP contribution is 2.35. The van der Waals surface area contributed by atoms with E-state index in [-0.39, 0.29) is 12.1 Å². The van der Waals surface area contributed by atoms with Crippen LogP contribution in [0.25, 0.3) is 10.2 Å². The van der Waals surface area contributed by atoms with Gasteiger partial charge >= 0.3 is 6.09 Å². The van der Waals surface area contributed by atoms with Crippen LogP contribution in [0.3, 0.4) is 0 Å². The first-order valence-corrected chi connectivity index (χ1v) is 8.90. The van der Waals surface area contributed by atoms with Crippen molar-refractivity contribution in [3.63, 3.8) is 0 Å². The summed E-state index contributed by atoms with van der Waals surface area (Å²) >= 11 is 1.67. The minimum absolute atomic E-state index is 0.0633. The molecule has 1 amide bonds. The van der Waals surface area contributed by atoms with E-state index in [1.807, 2.05) is 19.1 Å². The first-order chi connectivity index (χ1) is 10.9. The van der Waals surface area contributed by atoms with Crippen molar-refractivity contribution in [1.29, 1.82) is 0 Å². The number of carboxylic acid groups (broad SMARTS) is 1. The van der Waals surface area contributed by atoms with Crippen LogP contribution < -0.4 is 5.73 Å². The SMILES string of the molecule is CC(N)Cc1nc2cc([C@H]3CC[C@H](C)CN3C(=O)O)ccc2s1. The van der Waals surface area contributed by atoms with E-state index in [1.165, 1.54) is 0 Å². The van der Waals surface area contributed by atoms with Crippen LogP contribution in [-0.2, 0) is 6.42 Å². The summed E-state index contributed by atoms with van der Waals surface area (Å²) in [6.07, 6.45) is 1.86. The maximum atomic E-state index is 11.6. The van der Waals surface area contributed by atoms with Crippen molar-refractivity contribution in [1.82, 2.24) is 9.88 Å². The summed E-state index contributed by atoms with van der Waals surface area (Å²) in [5, 5.41) is 10.5. The molecule has 2 aromatic rings. The van der Waals surface area contributed by atoms with Gasteiger partial charge in [0.05, 0.1) is 21.3 Å². The summed E-state index contributed by atoms with van der Waals surface area (Å²) in [7, 11) is 0. The standard InChI is InChI=1S/C17H23N3O2S/c1-10-3-5-14(20(9-10)17(21)22)12-4-6-15-13(8-12)19-16(23-15)7-11(2)18/h4,6,8,10-11,14H,3,5,7,9,18H2,1-2H3,(H,21,22)/t10-,11?,14+/m0/s1.